The van der Waals surface area contributed by atoms with Crippen LogP contribution in [0.1, 0.15) is 36.5 Å². The lowest BCUT2D eigenvalue weighted by atomic mass is 10.0. The lowest BCUT2D eigenvalue weighted by Crippen LogP contribution is -1.92. The van der Waals surface area contributed by atoms with Crippen molar-refractivity contribution in [1.29, 1.82) is 0 Å². The van der Waals surface area contributed by atoms with E-state index in [-0.39, 0.29) is 0 Å². The van der Waals surface area contributed by atoms with E-state index >= 15 is 0 Å². The van der Waals surface area contributed by atoms with Crippen LogP contribution in [-0.2, 0) is 0 Å². The Balaban J connectivity index is 3.04. The zero-order chi connectivity index (χ0) is 11.3. The van der Waals surface area contributed by atoms with Gasteiger partial charge in [0.25, 0.3) is 0 Å². The molecule has 0 unspecified atom stereocenters. The van der Waals surface area contributed by atoms with Gasteiger partial charge in [-0.05, 0) is 43.0 Å². The number of benzene rings is 1. The summed E-state index contributed by atoms with van der Waals surface area (Å²) in [6.07, 6.45) is 6.76. The van der Waals surface area contributed by atoms with E-state index in [1.807, 2.05) is 6.07 Å². The number of hydrogen-bond donors (Lipinski definition) is 0. The molecule has 1 rings (SSSR count). The summed E-state index contributed by atoms with van der Waals surface area (Å²) in [5.74, 6) is 0.969. The Bertz CT molecular complexity index is 351. The van der Waals surface area contributed by atoms with E-state index in [4.69, 9.17) is 4.74 Å². The molecule has 0 saturated heterocycles. The Morgan fingerprint density at radius 3 is 2.60 bits per heavy atom. The summed E-state index contributed by atoms with van der Waals surface area (Å²) in [6.45, 7) is 6.44. The molecule has 0 aromatic heterocycles. The van der Waals surface area contributed by atoms with Crippen LogP contribution < -0.4 is 4.74 Å². The molecule has 1 aromatic carbocycles. The number of rotatable bonds is 4. The van der Waals surface area contributed by atoms with E-state index in [2.05, 4.69) is 39.0 Å². The van der Waals surface area contributed by atoms with Gasteiger partial charge in [-0.3, -0.25) is 0 Å². The Morgan fingerprint density at radius 1 is 1.27 bits per heavy atom. The minimum absolute atomic E-state index is 0.969. The Morgan fingerprint density at radius 2 is 2.00 bits per heavy atom. The molecule has 15 heavy (non-hydrogen) atoms. The SMILES string of the molecule is CCC/C=C/c1c(C)ccc(OC)c1C. The number of aryl methyl sites for hydroxylation is 1. The Labute approximate surface area is 92.8 Å². The van der Waals surface area contributed by atoms with Crippen LogP contribution in [0.2, 0.25) is 0 Å². The second kappa shape index (κ2) is 5.59. The zero-order valence-electron chi connectivity index (χ0n) is 10.1. The maximum Gasteiger partial charge on any atom is 0.122 e. The fourth-order valence-corrected chi connectivity index (χ4v) is 1.69. The number of hydrogen-bond acceptors (Lipinski definition) is 1. The second-order valence-electron chi connectivity index (χ2n) is 3.81. The van der Waals surface area contributed by atoms with Crippen molar-refractivity contribution in [3.05, 3.63) is 34.9 Å². The number of allylic oxidation sites excluding steroid dienone is 1. The first-order valence-electron chi connectivity index (χ1n) is 5.51. The fourth-order valence-electron chi connectivity index (χ4n) is 1.69. The molecule has 0 N–H and O–H groups in total. The van der Waals surface area contributed by atoms with Crippen LogP contribution in [0, 0.1) is 13.8 Å². The molecule has 1 aromatic rings. The highest BCUT2D eigenvalue weighted by Gasteiger charge is 2.04. The highest BCUT2D eigenvalue weighted by molar-refractivity contribution is 5.61. The van der Waals surface area contributed by atoms with Gasteiger partial charge in [0.15, 0.2) is 0 Å². The van der Waals surface area contributed by atoms with Crippen molar-refractivity contribution in [2.45, 2.75) is 33.6 Å². The van der Waals surface area contributed by atoms with E-state index in [1.54, 1.807) is 7.11 Å². The van der Waals surface area contributed by atoms with Gasteiger partial charge in [0.1, 0.15) is 5.75 Å². The van der Waals surface area contributed by atoms with Crippen LogP contribution in [-0.4, -0.2) is 7.11 Å². The summed E-state index contributed by atoms with van der Waals surface area (Å²) in [6, 6.07) is 4.14. The van der Waals surface area contributed by atoms with Crippen molar-refractivity contribution in [2.24, 2.45) is 0 Å². The van der Waals surface area contributed by atoms with E-state index in [9.17, 15) is 0 Å². The van der Waals surface area contributed by atoms with E-state index in [1.165, 1.54) is 23.1 Å². The van der Waals surface area contributed by atoms with Gasteiger partial charge in [-0.15, -0.1) is 0 Å². The number of ether oxygens (including phenoxy) is 1. The summed E-state index contributed by atoms with van der Waals surface area (Å²) in [5.41, 5.74) is 3.83. The van der Waals surface area contributed by atoms with Gasteiger partial charge in [-0.25, -0.2) is 0 Å². The van der Waals surface area contributed by atoms with Crippen LogP contribution in [0.25, 0.3) is 6.08 Å². The molecule has 0 aliphatic carbocycles. The lowest BCUT2D eigenvalue weighted by Gasteiger charge is -2.10. The molecule has 0 aliphatic rings. The van der Waals surface area contributed by atoms with Gasteiger partial charge in [0, 0.05) is 0 Å². The standard InChI is InChI=1S/C14H20O/c1-5-6-7-8-13-11(2)9-10-14(15-4)12(13)3/h7-10H,5-6H2,1-4H3/b8-7+. The first-order chi connectivity index (χ1) is 7.20. The third-order valence-electron chi connectivity index (χ3n) is 2.64. The van der Waals surface area contributed by atoms with Gasteiger partial charge < -0.3 is 4.74 Å². The molecule has 0 bridgehead atoms. The topological polar surface area (TPSA) is 9.23 Å². The number of unbranched alkanes of at least 4 members (excludes halogenated alkanes) is 1. The predicted molar refractivity (Wildman–Crippen MR) is 66.4 cm³/mol. The van der Waals surface area contributed by atoms with Crippen molar-refractivity contribution in [2.75, 3.05) is 7.11 Å². The summed E-state index contributed by atoms with van der Waals surface area (Å²) in [7, 11) is 1.72. The molecule has 0 atom stereocenters. The summed E-state index contributed by atoms with van der Waals surface area (Å²) < 4.78 is 5.31. The molecule has 0 fully saturated rings. The molecule has 82 valence electrons. The molecular formula is C14H20O. The molecular weight excluding hydrogens is 184 g/mol. The summed E-state index contributed by atoms with van der Waals surface area (Å²) in [5, 5.41) is 0. The largest absolute Gasteiger partial charge is 0.496 e. The monoisotopic (exact) mass is 204 g/mol. The van der Waals surface area contributed by atoms with Gasteiger partial charge >= 0.3 is 0 Å². The van der Waals surface area contributed by atoms with Crippen LogP contribution in [0.5, 0.6) is 5.75 Å². The van der Waals surface area contributed by atoms with Crippen LogP contribution >= 0.6 is 0 Å². The third-order valence-corrected chi connectivity index (χ3v) is 2.64. The van der Waals surface area contributed by atoms with Crippen molar-refractivity contribution in [3.8, 4) is 5.75 Å². The smallest absolute Gasteiger partial charge is 0.122 e. The van der Waals surface area contributed by atoms with E-state index in [0.717, 1.165) is 12.2 Å². The maximum absolute atomic E-state index is 5.31. The van der Waals surface area contributed by atoms with Crippen molar-refractivity contribution < 1.29 is 4.74 Å². The van der Waals surface area contributed by atoms with Gasteiger partial charge in [-0.2, -0.15) is 0 Å². The number of methoxy groups -OCH3 is 1. The second-order valence-corrected chi connectivity index (χ2v) is 3.81. The van der Waals surface area contributed by atoms with Gasteiger partial charge in [-0.1, -0.05) is 31.6 Å². The summed E-state index contributed by atoms with van der Waals surface area (Å²) in [4.78, 5) is 0. The van der Waals surface area contributed by atoms with E-state index in [0.29, 0.717) is 0 Å². The minimum Gasteiger partial charge on any atom is -0.496 e. The third kappa shape index (κ3) is 2.85. The first kappa shape index (κ1) is 11.8. The van der Waals surface area contributed by atoms with E-state index < -0.39 is 0 Å². The molecule has 0 aliphatic heterocycles. The molecule has 0 spiro atoms. The molecule has 0 radical (unpaired) electrons. The van der Waals surface area contributed by atoms with Crippen molar-refractivity contribution in [1.82, 2.24) is 0 Å². The molecule has 0 saturated carbocycles. The first-order valence-corrected chi connectivity index (χ1v) is 5.51. The molecule has 1 heteroatoms. The quantitative estimate of drug-likeness (QED) is 0.716. The fraction of sp³-hybridized carbons (Fsp3) is 0.429. The molecule has 0 amide bonds. The average molecular weight is 204 g/mol. The normalized spacial score (nSPS) is 10.9. The minimum atomic E-state index is 0.969. The Hall–Kier alpha value is -1.24. The van der Waals surface area contributed by atoms with Crippen LogP contribution in [0.15, 0.2) is 18.2 Å². The van der Waals surface area contributed by atoms with Crippen molar-refractivity contribution >= 4 is 6.08 Å². The maximum atomic E-state index is 5.31. The van der Waals surface area contributed by atoms with Crippen molar-refractivity contribution in [3.63, 3.8) is 0 Å². The average Bonchev–Trinajstić information content (AvgIpc) is 2.23. The highest BCUT2D eigenvalue weighted by Crippen LogP contribution is 2.25. The highest BCUT2D eigenvalue weighted by atomic mass is 16.5. The van der Waals surface area contributed by atoms with Crippen LogP contribution in [0.4, 0.5) is 0 Å². The van der Waals surface area contributed by atoms with Gasteiger partial charge in [0.2, 0.25) is 0 Å². The lowest BCUT2D eigenvalue weighted by molar-refractivity contribution is 0.411. The van der Waals surface area contributed by atoms with Crippen LogP contribution in [0.3, 0.4) is 0 Å². The predicted octanol–water partition coefficient (Wildman–Crippen LogP) is 4.13. The molecule has 1 nitrogen and oxygen atoms in total. The Kier molecular flexibility index (Phi) is 4.41. The zero-order valence-corrected chi connectivity index (χ0v) is 10.1. The van der Waals surface area contributed by atoms with Gasteiger partial charge in [0.05, 0.1) is 7.11 Å². The summed E-state index contributed by atoms with van der Waals surface area (Å²) >= 11 is 0. The molecule has 0 heterocycles.